The minimum Gasteiger partial charge on any atom is -0.733 e. The van der Waals surface area contributed by atoms with E-state index < -0.39 is 17.5 Å². The molecule has 0 saturated heterocycles. The average Bonchev–Trinajstić information content (AvgIpc) is 2.68. The fourth-order valence-electron chi connectivity index (χ4n) is 2.55. The van der Waals surface area contributed by atoms with E-state index in [0.29, 0.717) is 11.4 Å². The van der Waals surface area contributed by atoms with Gasteiger partial charge in [0.05, 0.1) is 11.7 Å². The highest BCUT2D eigenvalue weighted by Gasteiger charge is 2.15. The lowest BCUT2D eigenvalue weighted by Gasteiger charge is -2.22. The van der Waals surface area contributed by atoms with Crippen LogP contribution in [0.15, 0.2) is 65.5 Å². The zero-order valence-electron chi connectivity index (χ0n) is 14.4. The van der Waals surface area contributed by atoms with Crippen molar-refractivity contribution in [2.75, 3.05) is 5.23 Å². The maximum Gasteiger partial charge on any atom is 0.270 e. The number of nitrogens with one attached hydrogen (secondary N) is 2. The van der Waals surface area contributed by atoms with Gasteiger partial charge < -0.3 is 20.7 Å². The van der Waals surface area contributed by atoms with E-state index in [9.17, 15) is 14.8 Å². The van der Waals surface area contributed by atoms with Crippen molar-refractivity contribution in [2.45, 2.75) is 13.0 Å². The number of rotatable bonds is 5. The van der Waals surface area contributed by atoms with Gasteiger partial charge in [0.15, 0.2) is 0 Å². The zero-order valence-corrected chi connectivity index (χ0v) is 14.4. The molecule has 1 atom stereocenters. The van der Waals surface area contributed by atoms with Crippen LogP contribution in [0.3, 0.4) is 0 Å². The number of H-pyrrole nitrogens is 1. The smallest absolute Gasteiger partial charge is 0.270 e. The van der Waals surface area contributed by atoms with Crippen LogP contribution in [0.5, 0.6) is 0 Å². The van der Waals surface area contributed by atoms with Crippen LogP contribution >= 0.6 is 0 Å². The topological polar surface area (TPSA) is 121 Å². The number of hydrogen-bond donors (Lipinski definition) is 3. The molecule has 27 heavy (non-hydrogen) atoms. The summed E-state index contributed by atoms with van der Waals surface area (Å²) >= 11 is 0. The molecule has 3 aromatic rings. The summed E-state index contributed by atoms with van der Waals surface area (Å²) in [5.74, 6) is -0.189. The van der Waals surface area contributed by atoms with Crippen LogP contribution in [0.4, 0.5) is 5.69 Å². The van der Waals surface area contributed by atoms with Gasteiger partial charge in [0.1, 0.15) is 11.5 Å². The highest BCUT2D eigenvalue weighted by molar-refractivity contribution is 5.92. The van der Waals surface area contributed by atoms with E-state index in [1.165, 1.54) is 12.1 Å². The van der Waals surface area contributed by atoms with Crippen LogP contribution in [-0.2, 0) is 0 Å². The van der Waals surface area contributed by atoms with E-state index in [1.54, 1.807) is 31.2 Å². The van der Waals surface area contributed by atoms with E-state index in [2.05, 4.69) is 15.3 Å². The van der Waals surface area contributed by atoms with Crippen molar-refractivity contribution in [3.63, 3.8) is 0 Å². The normalized spacial score (nSPS) is 11.7. The number of hydrogen-bond acceptors (Lipinski definition) is 6. The van der Waals surface area contributed by atoms with Crippen molar-refractivity contribution in [1.82, 2.24) is 15.3 Å². The molecule has 8 nitrogen and oxygen atoms in total. The molecule has 1 amide bonds. The number of aromatic amines is 1. The number of anilines is 1. The second-order valence-electron chi connectivity index (χ2n) is 5.90. The summed E-state index contributed by atoms with van der Waals surface area (Å²) in [6, 6.07) is 15.9. The molecule has 0 spiro atoms. The van der Waals surface area contributed by atoms with E-state index in [0.717, 1.165) is 11.6 Å². The Labute approximate surface area is 154 Å². The maximum absolute atomic E-state index is 12.5. The van der Waals surface area contributed by atoms with E-state index in [1.807, 2.05) is 18.2 Å². The van der Waals surface area contributed by atoms with Crippen LogP contribution in [-0.4, -0.2) is 21.1 Å². The monoisotopic (exact) mass is 365 g/mol. The molecule has 138 valence electrons. The number of carbonyl (C=O) groups is 1. The van der Waals surface area contributed by atoms with Gasteiger partial charge in [-0.15, -0.1) is 0 Å². The Morgan fingerprint density at radius 3 is 2.48 bits per heavy atom. The van der Waals surface area contributed by atoms with E-state index in [4.69, 9.17) is 5.21 Å². The van der Waals surface area contributed by atoms with E-state index in [-0.39, 0.29) is 16.6 Å². The molecule has 0 saturated carbocycles. The first kappa shape index (κ1) is 18.3. The van der Waals surface area contributed by atoms with Gasteiger partial charge in [-0.25, -0.2) is 4.98 Å². The predicted octanol–water partition coefficient (Wildman–Crippen LogP) is 2.62. The molecule has 0 aliphatic carbocycles. The van der Waals surface area contributed by atoms with Gasteiger partial charge in [-0.3, -0.25) is 14.8 Å². The minimum absolute atomic E-state index is 0.00200. The summed E-state index contributed by atoms with van der Waals surface area (Å²) < 4.78 is 0. The first-order valence-electron chi connectivity index (χ1n) is 8.18. The lowest BCUT2D eigenvalue weighted by molar-refractivity contribution is 0.0934. The van der Waals surface area contributed by atoms with Crippen LogP contribution in [0.25, 0.3) is 11.4 Å². The second-order valence-corrected chi connectivity index (χ2v) is 5.90. The molecule has 0 bridgehead atoms. The van der Waals surface area contributed by atoms with Crippen molar-refractivity contribution < 1.29 is 10.0 Å². The van der Waals surface area contributed by atoms with Crippen molar-refractivity contribution in [3.8, 4) is 11.4 Å². The van der Waals surface area contributed by atoms with Crippen molar-refractivity contribution in [1.29, 1.82) is 0 Å². The first-order chi connectivity index (χ1) is 12.9. The molecule has 3 rings (SSSR count). The van der Waals surface area contributed by atoms with Crippen molar-refractivity contribution in [3.05, 3.63) is 87.5 Å². The Kier molecular flexibility index (Phi) is 5.30. The van der Waals surface area contributed by atoms with Gasteiger partial charge in [0, 0.05) is 11.6 Å². The Morgan fingerprint density at radius 1 is 1.19 bits per heavy atom. The second kappa shape index (κ2) is 7.81. The predicted molar refractivity (Wildman–Crippen MR) is 100 cm³/mol. The maximum atomic E-state index is 12.5. The number of benzene rings is 2. The number of nitrogens with zero attached hydrogens (tertiary/aromatic N) is 2. The van der Waals surface area contributed by atoms with Crippen LogP contribution in [0, 0.1) is 5.21 Å². The van der Waals surface area contributed by atoms with Gasteiger partial charge in [-0.2, -0.15) is 0 Å². The van der Waals surface area contributed by atoms with Crippen LogP contribution in [0.2, 0.25) is 0 Å². The summed E-state index contributed by atoms with van der Waals surface area (Å²) in [6.45, 7) is 1.76. The molecule has 0 unspecified atom stereocenters. The molecule has 0 aliphatic heterocycles. The molecule has 3 N–H and O–H groups in total. The molecular weight excluding hydrogens is 348 g/mol. The molecule has 8 heteroatoms. The summed E-state index contributed by atoms with van der Waals surface area (Å²) in [6.07, 6.45) is 0. The van der Waals surface area contributed by atoms with Crippen molar-refractivity contribution >= 4 is 11.6 Å². The summed E-state index contributed by atoms with van der Waals surface area (Å²) in [5.41, 5.74) is 1.08. The summed E-state index contributed by atoms with van der Waals surface area (Å²) in [5, 5.41) is 22.2. The molecule has 1 aromatic heterocycles. The lowest BCUT2D eigenvalue weighted by Crippen LogP contribution is -2.29. The van der Waals surface area contributed by atoms with Gasteiger partial charge in [0.25, 0.3) is 11.5 Å². The Hall–Kier alpha value is -3.49. The number of carbonyl (C=O) groups excluding carboxylic acids is 1. The van der Waals surface area contributed by atoms with Crippen LogP contribution in [0.1, 0.15) is 29.0 Å². The Bertz CT molecular complexity index is 985. The zero-order chi connectivity index (χ0) is 19.4. The largest absolute Gasteiger partial charge is 0.733 e. The summed E-state index contributed by atoms with van der Waals surface area (Å²) in [7, 11) is 0. The molecule has 2 aromatic carbocycles. The third-order valence-corrected chi connectivity index (χ3v) is 3.98. The molecular formula is C19H17N4O4-. The number of aromatic nitrogens is 2. The van der Waals surface area contributed by atoms with E-state index >= 15 is 0 Å². The highest BCUT2D eigenvalue weighted by Crippen LogP contribution is 2.18. The molecule has 0 fully saturated rings. The fourth-order valence-corrected chi connectivity index (χ4v) is 2.55. The Balaban J connectivity index is 1.79. The van der Waals surface area contributed by atoms with Gasteiger partial charge in [0.2, 0.25) is 0 Å². The van der Waals surface area contributed by atoms with Gasteiger partial charge >= 0.3 is 0 Å². The minimum atomic E-state index is -0.498. The molecule has 0 radical (unpaired) electrons. The fraction of sp³-hybridized carbons (Fsp3) is 0.105. The van der Waals surface area contributed by atoms with Gasteiger partial charge in [-0.1, -0.05) is 42.5 Å². The van der Waals surface area contributed by atoms with Crippen molar-refractivity contribution in [2.24, 2.45) is 0 Å². The van der Waals surface area contributed by atoms with Gasteiger partial charge in [-0.05, 0) is 24.6 Å². The standard InChI is InChI=1S/C19H17N4O4/c1-12(13-7-9-15(10-8-13)23(26)27)20-19(25)16-11-17(24)22-18(21-16)14-5-3-2-4-6-14/h2-12,26H,1H3,(H,20,25)(H,21,22,24)/q-1/t12-/m1/s1. The third kappa shape index (κ3) is 4.38. The summed E-state index contributed by atoms with van der Waals surface area (Å²) in [4.78, 5) is 31.3. The Morgan fingerprint density at radius 2 is 1.85 bits per heavy atom. The average molecular weight is 365 g/mol. The SMILES string of the molecule is C[C@@H](NC(=O)c1cc(=O)[nH]c(-c2ccccc2)n1)c1ccc(N([O-])O)cc1. The lowest BCUT2D eigenvalue weighted by atomic mass is 10.1. The quantitative estimate of drug-likeness (QED) is 0.598. The first-order valence-corrected chi connectivity index (χ1v) is 8.18. The highest BCUT2D eigenvalue weighted by atomic mass is 16.8. The van der Waals surface area contributed by atoms with Crippen LogP contribution < -0.4 is 16.1 Å². The number of amides is 1. The molecule has 0 aliphatic rings. The third-order valence-electron chi connectivity index (χ3n) is 3.98. The molecule has 1 heterocycles.